The average molecular weight is 388 g/mol. The maximum absolute atomic E-state index is 12.2. The highest BCUT2D eigenvalue weighted by Gasteiger charge is 2.23. The summed E-state index contributed by atoms with van der Waals surface area (Å²) in [6, 6.07) is 18.9. The van der Waals surface area contributed by atoms with E-state index in [1.807, 2.05) is 24.3 Å². The number of hydrogen-bond donors (Lipinski definition) is 2. The van der Waals surface area contributed by atoms with Crippen LogP contribution in [-0.4, -0.2) is 25.0 Å². The van der Waals surface area contributed by atoms with E-state index >= 15 is 0 Å². The summed E-state index contributed by atoms with van der Waals surface area (Å²) in [7, 11) is 0. The number of benzene rings is 2. The second-order valence-electron chi connectivity index (χ2n) is 6.56. The van der Waals surface area contributed by atoms with Gasteiger partial charge < -0.3 is 10.2 Å². The summed E-state index contributed by atoms with van der Waals surface area (Å²) in [5.41, 5.74) is 2.45. The van der Waals surface area contributed by atoms with Crippen LogP contribution < -0.4 is 10.2 Å². The van der Waals surface area contributed by atoms with E-state index in [0.717, 1.165) is 42.5 Å². The van der Waals surface area contributed by atoms with Gasteiger partial charge in [-0.3, -0.25) is 4.79 Å². The van der Waals surface area contributed by atoms with Crippen molar-refractivity contribution in [2.75, 3.05) is 13.1 Å². The third kappa shape index (κ3) is 5.18. The molecule has 0 saturated carbocycles. The minimum atomic E-state index is 0.133. The molecule has 0 unspecified atom stereocenters. The van der Waals surface area contributed by atoms with Crippen LogP contribution >= 0.6 is 15.9 Å². The van der Waals surface area contributed by atoms with Crippen LogP contribution in [0.5, 0.6) is 0 Å². The van der Waals surface area contributed by atoms with Crippen molar-refractivity contribution in [1.29, 1.82) is 0 Å². The van der Waals surface area contributed by atoms with E-state index in [-0.39, 0.29) is 5.91 Å². The summed E-state index contributed by atoms with van der Waals surface area (Å²) in [6.07, 6.45) is 2.59. The average Bonchev–Trinajstić information content (AvgIpc) is 2.60. The lowest BCUT2D eigenvalue weighted by Crippen LogP contribution is -3.12. The number of amides is 1. The van der Waals surface area contributed by atoms with Crippen molar-refractivity contribution in [2.45, 2.75) is 31.8 Å². The van der Waals surface area contributed by atoms with Gasteiger partial charge in [0.05, 0.1) is 19.5 Å². The van der Waals surface area contributed by atoms with Crippen molar-refractivity contribution in [1.82, 2.24) is 5.32 Å². The Hall–Kier alpha value is -1.65. The molecule has 1 aliphatic heterocycles. The van der Waals surface area contributed by atoms with E-state index in [0.29, 0.717) is 12.5 Å². The summed E-state index contributed by atoms with van der Waals surface area (Å²) < 4.78 is 1.04. The minimum absolute atomic E-state index is 0.133. The molecule has 0 aromatic heterocycles. The Balaban J connectivity index is 1.41. The SMILES string of the molecule is O=C(Cc1ccc(Br)cc1)NC1CC[NH+](Cc2ccccc2)CC1. The van der Waals surface area contributed by atoms with Gasteiger partial charge in [-0.15, -0.1) is 0 Å². The Morgan fingerprint density at radius 1 is 1.00 bits per heavy atom. The van der Waals surface area contributed by atoms with Crippen molar-refractivity contribution < 1.29 is 9.69 Å². The molecule has 0 spiro atoms. The molecule has 1 saturated heterocycles. The predicted octanol–water partition coefficient (Wildman–Crippen LogP) is 2.36. The number of rotatable bonds is 5. The zero-order valence-corrected chi connectivity index (χ0v) is 15.4. The molecule has 1 fully saturated rings. The zero-order chi connectivity index (χ0) is 16.8. The highest BCUT2D eigenvalue weighted by atomic mass is 79.9. The second kappa shape index (κ2) is 8.45. The summed E-state index contributed by atoms with van der Waals surface area (Å²) in [5.74, 6) is 0.133. The lowest BCUT2D eigenvalue weighted by Gasteiger charge is -2.29. The molecule has 1 aliphatic rings. The molecule has 4 heteroatoms. The Labute approximate surface area is 152 Å². The first-order valence-corrected chi connectivity index (χ1v) is 9.39. The van der Waals surface area contributed by atoms with Gasteiger partial charge in [-0.05, 0) is 17.7 Å². The molecule has 24 heavy (non-hydrogen) atoms. The fourth-order valence-corrected chi connectivity index (χ4v) is 3.56. The van der Waals surface area contributed by atoms with Crippen molar-refractivity contribution in [3.05, 3.63) is 70.2 Å². The Kier molecular flexibility index (Phi) is 6.05. The number of carbonyl (C=O) groups excluding carboxylic acids is 1. The molecule has 126 valence electrons. The Morgan fingerprint density at radius 3 is 2.33 bits per heavy atom. The molecule has 3 nitrogen and oxygen atoms in total. The van der Waals surface area contributed by atoms with E-state index in [9.17, 15) is 4.79 Å². The topological polar surface area (TPSA) is 33.5 Å². The summed E-state index contributed by atoms with van der Waals surface area (Å²) in [6.45, 7) is 3.33. The monoisotopic (exact) mass is 387 g/mol. The fraction of sp³-hybridized carbons (Fsp3) is 0.350. The Bertz CT molecular complexity index is 649. The van der Waals surface area contributed by atoms with Crippen LogP contribution in [0.15, 0.2) is 59.1 Å². The van der Waals surface area contributed by atoms with Crippen molar-refractivity contribution in [2.24, 2.45) is 0 Å². The number of quaternary nitrogens is 1. The highest BCUT2D eigenvalue weighted by molar-refractivity contribution is 9.10. The predicted molar refractivity (Wildman–Crippen MR) is 99.9 cm³/mol. The molecule has 1 amide bonds. The van der Waals surface area contributed by atoms with Gasteiger partial charge in [-0.2, -0.15) is 0 Å². The number of carbonyl (C=O) groups is 1. The normalized spacial score (nSPS) is 20.5. The second-order valence-corrected chi connectivity index (χ2v) is 7.47. The van der Waals surface area contributed by atoms with Crippen LogP contribution in [0.4, 0.5) is 0 Å². The maximum Gasteiger partial charge on any atom is 0.224 e. The Morgan fingerprint density at radius 2 is 1.67 bits per heavy atom. The first-order valence-electron chi connectivity index (χ1n) is 8.60. The number of hydrogen-bond acceptors (Lipinski definition) is 1. The van der Waals surface area contributed by atoms with Gasteiger partial charge in [0.15, 0.2) is 0 Å². The van der Waals surface area contributed by atoms with Gasteiger partial charge in [-0.25, -0.2) is 0 Å². The summed E-state index contributed by atoms with van der Waals surface area (Å²) in [5, 5.41) is 3.20. The number of halogens is 1. The molecular weight excluding hydrogens is 364 g/mol. The third-order valence-electron chi connectivity index (χ3n) is 4.63. The molecule has 0 bridgehead atoms. The van der Waals surface area contributed by atoms with Gasteiger partial charge in [-0.1, -0.05) is 58.4 Å². The van der Waals surface area contributed by atoms with Crippen molar-refractivity contribution in [3.63, 3.8) is 0 Å². The van der Waals surface area contributed by atoms with E-state index < -0.39 is 0 Å². The smallest absolute Gasteiger partial charge is 0.224 e. The molecule has 2 N–H and O–H groups in total. The zero-order valence-electron chi connectivity index (χ0n) is 13.8. The van der Waals surface area contributed by atoms with Gasteiger partial charge in [0.25, 0.3) is 0 Å². The summed E-state index contributed by atoms with van der Waals surface area (Å²) in [4.78, 5) is 13.8. The quantitative estimate of drug-likeness (QED) is 0.810. The number of likely N-dealkylation sites (tertiary alicyclic amines) is 1. The van der Waals surface area contributed by atoms with Crippen LogP contribution in [0.2, 0.25) is 0 Å². The lowest BCUT2D eigenvalue weighted by molar-refractivity contribution is -0.918. The van der Waals surface area contributed by atoms with Crippen LogP contribution in [0.1, 0.15) is 24.0 Å². The first kappa shape index (κ1) is 17.2. The third-order valence-corrected chi connectivity index (χ3v) is 5.16. The van der Waals surface area contributed by atoms with E-state index in [4.69, 9.17) is 0 Å². The largest absolute Gasteiger partial charge is 0.353 e. The van der Waals surface area contributed by atoms with Crippen LogP contribution in [0.25, 0.3) is 0 Å². The molecule has 0 radical (unpaired) electrons. The van der Waals surface area contributed by atoms with Crippen LogP contribution in [-0.2, 0) is 17.8 Å². The van der Waals surface area contributed by atoms with E-state index in [2.05, 4.69) is 51.6 Å². The summed E-state index contributed by atoms with van der Waals surface area (Å²) >= 11 is 3.42. The van der Waals surface area contributed by atoms with Crippen molar-refractivity contribution in [3.8, 4) is 0 Å². The van der Waals surface area contributed by atoms with Crippen LogP contribution in [0.3, 0.4) is 0 Å². The van der Waals surface area contributed by atoms with Gasteiger partial charge in [0, 0.05) is 28.9 Å². The van der Waals surface area contributed by atoms with Crippen LogP contribution in [0, 0.1) is 0 Å². The molecule has 1 heterocycles. The molecule has 3 rings (SSSR count). The standard InChI is InChI=1S/C20H23BrN2O/c21-18-8-6-16(7-9-18)14-20(24)22-19-10-12-23(13-11-19)15-17-4-2-1-3-5-17/h1-9,19H,10-15H2,(H,22,24)/p+1. The molecule has 2 aromatic rings. The molecule has 0 aliphatic carbocycles. The number of piperidine rings is 1. The van der Waals surface area contributed by atoms with Gasteiger partial charge >= 0.3 is 0 Å². The number of nitrogens with one attached hydrogen (secondary N) is 2. The van der Waals surface area contributed by atoms with Gasteiger partial charge in [0.2, 0.25) is 5.91 Å². The minimum Gasteiger partial charge on any atom is -0.353 e. The van der Waals surface area contributed by atoms with E-state index in [1.54, 1.807) is 4.90 Å². The lowest BCUT2D eigenvalue weighted by atomic mass is 10.0. The highest BCUT2D eigenvalue weighted by Crippen LogP contribution is 2.11. The molecule has 0 atom stereocenters. The maximum atomic E-state index is 12.2. The fourth-order valence-electron chi connectivity index (χ4n) is 3.30. The molecular formula is C20H24BrN2O+. The molecule has 2 aromatic carbocycles. The van der Waals surface area contributed by atoms with Gasteiger partial charge in [0.1, 0.15) is 6.54 Å². The first-order chi connectivity index (χ1) is 11.7. The van der Waals surface area contributed by atoms with E-state index in [1.165, 1.54) is 5.56 Å². The van der Waals surface area contributed by atoms with Crippen molar-refractivity contribution >= 4 is 21.8 Å².